The van der Waals surface area contributed by atoms with Crippen LogP contribution < -0.4 is 0 Å². The van der Waals surface area contributed by atoms with Gasteiger partial charge in [-0.05, 0) is 48.1 Å². The van der Waals surface area contributed by atoms with Gasteiger partial charge in [0.05, 0.1) is 24.3 Å². The molecule has 2 aromatic carbocycles. The van der Waals surface area contributed by atoms with E-state index in [0.717, 1.165) is 24.1 Å². The molecule has 8 heteroatoms. The molecule has 0 bridgehead atoms. The van der Waals surface area contributed by atoms with Crippen molar-refractivity contribution in [2.75, 3.05) is 13.2 Å². The predicted molar refractivity (Wildman–Crippen MR) is 103 cm³/mol. The second-order valence-electron chi connectivity index (χ2n) is 7.40. The van der Waals surface area contributed by atoms with Crippen molar-refractivity contribution < 1.29 is 35.8 Å². The summed E-state index contributed by atoms with van der Waals surface area (Å²) in [7, 11) is 0. The zero-order chi connectivity index (χ0) is 22.6. The van der Waals surface area contributed by atoms with E-state index in [0.29, 0.717) is 6.61 Å². The molecule has 1 heterocycles. The Labute approximate surface area is 176 Å². The van der Waals surface area contributed by atoms with Crippen LogP contribution >= 0.6 is 0 Å². The van der Waals surface area contributed by atoms with Crippen LogP contribution in [0.4, 0.5) is 26.3 Å². The monoisotopic (exact) mass is 444 g/mol. The standard InChI is InChI=1S/C23H22F6O2/c1-2-16-9-11-31-21(20(16)17-6-4-3-5-7-17)30-10-8-15-12-18(22(24,25)26)14-19(13-15)23(27,28)29/h2-7,12-14,16,20-21H,1,8-11H2/t16?,20?,21-/m0/s1. The minimum absolute atomic E-state index is 0.0755. The lowest BCUT2D eigenvalue weighted by Gasteiger charge is -2.37. The quantitative estimate of drug-likeness (QED) is 0.369. The fourth-order valence-corrected chi connectivity index (χ4v) is 3.76. The minimum atomic E-state index is -4.88. The van der Waals surface area contributed by atoms with E-state index in [1.807, 2.05) is 36.4 Å². The number of alkyl halides is 6. The SMILES string of the molecule is C=CC1CCO[C@H](OCCc2cc(C(F)(F)F)cc(C(F)(F)F)c2)C1c1ccccc1. The largest absolute Gasteiger partial charge is 0.416 e. The van der Waals surface area contributed by atoms with E-state index in [2.05, 4.69) is 6.58 Å². The maximum Gasteiger partial charge on any atom is 0.416 e. The lowest BCUT2D eigenvalue weighted by atomic mass is 9.82. The lowest BCUT2D eigenvalue weighted by Crippen LogP contribution is -2.36. The van der Waals surface area contributed by atoms with Gasteiger partial charge >= 0.3 is 12.4 Å². The lowest BCUT2D eigenvalue weighted by molar-refractivity contribution is -0.182. The van der Waals surface area contributed by atoms with Gasteiger partial charge < -0.3 is 9.47 Å². The van der Waals surface area contributed by atoms with Crippen LogP contribution in [0.15, 0.2) is 61.2 Å². The summed E-state index contributed by atoms with van der Waals surface area (Å²) in [5.41, 5.74) is -1.80. The molecule has 3 rings (SSSR count). The Morgan fingerprint density at radius 1 is 0.968 bits per heavy atom. The van der Waals surface area contributed by atoms with Crippen molar-refractivity contribution in [1.82, 2.24) is 0 Å². The third-order valence-electron chi connectivity index (χ3n) is 5.30. The van der Waals surface area contributed by atoms with Crippen LogP contribution in [0.2, 0.25) is 0 Å². The Balaban J connectivity index is 1.76. The zero-order valence-electron chi connectivity index (χ0n) is 16.5. The zero-order valence-corrected chi connectivity index (χ0v) is 16.5. The summed E-state index contributed by atoms with van der Waals surface area (Å²) in [4.78, 5) is 0. The molecule has 0 N–H and O–H groups in total. The molecule has 0 radical (unpaired) electrons. The van der Waals surface area contributed by atoms with Crippen LogP contribution in [0.3, 0.4) is 0 Å². The van der Waals surface area contributed by atoms with Gasteiger partial charge in [0, 0.05) is 5.92 Å². The van der Waals surface area contributed by atoms with Gasteiger partial charge in [-0.3, -0.25) is 0 Å². The molecule has 1 aliphatic rings. The first kappa shape index (κ1) is 23.3. The van der Waals surface area contributed by atoms with E-state index in [4.69, 9.17) is 9.47 Å². The summed E-state index contributed by atoms with van der Waals surface area (Å²) >= 11 is 0. The second-order valence-corrected chi connectivity index (χ2v) is 7.40. The number of benzene rings is 2. The van der Waals surface area contributed by atoms with Gasteiger partial charge in [-0.2, -0.15) is 26.3 Å². The summed E-state index contributed by atoms with van der Waals surface area (Å²) in [6.45, 7) is 4.20. The summed E-state index contributed by atoms with van der Waals surface area (Å²) in [5.74, 6) is -0.0914. The van der Waals surface area contributed by atoms with Crippen LogP contribution in [0.25, 0.3) is 0 Å². The van der Waals surface area contributed by atoms with E-state index >= 15 is 0 Å². The summed E-state index contributed by atoms with van der Waals surface area (Å²) in [5, 5.41) is 0. The highest BCUT2D eigenvalue weighted by Crippen LogP contribution is 2.38. The maximum atomic E-state index is 13.0. The van der Waals surface area contributed by atoms with Gasteiger partial charge in [0.15, 0.2) is 6.29 Å². The summed E-state index contributed by atoms with van der Waals surface area (Å²) in [6, 6.07) is 11.0. The number of ether oxygens (including phenoxy) is 2. The highest BCUT2D eigenvalue weighted by Gasteiger charge is 2.37. The Kier molecular flexibility index (Phi) is 7.11. The van der Waals surface area contributed by atoms with Crippen molar-refractivity contribution in [3.05, 3.63) is 83.4 Å². The van der Waals surface area contributed by atoms with Gasteiger partial charge in [0.25, 0.3) is 0 Å². The van der Waals surface area contributed by atoms with Gasteiger partial charge in [0.1, 0.15) is 0 Å². The Morgan fingerprint density at radius 3 is 2.13 bits per heavy atom. The van der Waals surface area contributed by atoms with Crippen molar-refractivity contribution in [2.24, 2.45) is 5.92 Å². The van der Waals surface area contributed by atoms with E-state index in [9.17, 15) is 26.3 Å². The van der Waals surface area contributed by atoms with E-state index < -0.39 is 29.8 Å². The average molecular weight is 444 g/mol. The number of hydrogen-bond acceptors (Lipinski definition) is 2. The molecule has 0 amide bonds. The summed E-state index contributed by atoms with van der Waals surface area (Å²) in [6.07, 6.45) is -7.98. The van der Waals surface area contributed by atoms with Gasteiger partial charge in [-0.15, -0.1) is 6.58 Å². The second kappa shape index (κ2) is 9.44. The molecule has 2 aromatic rings. The predicted octanol–water partition coefficient (Wildman–Crippen LogP) is 6.62. The van der Waals surface area contributed by atoms with Crippen molar-refractivity contribution in [3.8, 4) is 0 Å². The van der Waals surface area contributed by atoms with Gasteiger partial charge in [-0.1, -0.05) is 36.4 Å². The highest BCUT2D eigenvalue weighted by atomic mass is 19.4. The van der Waals surface area contributed by atoms with Crippen molar-refractivity contribution in [2.45, 2.75) is 37.4 Å². The molecular weight excluding hydrogens is 422 g/mol. The van der Waals surface area contributed by atoms with Crippen molar-refractivity contribution in [3.63, 3.8) is 0 Å². The fourth-order valence-electron chi connectivity index (χ4n) is 3.76. The summed E-state index contributed by atoms with van der Waals surface area (Å²) < 4.78 is 89.8. The highest BCUT2D eigenvalue weighted by molar-refractivity contribution is 5.33. The smallest absolute Gasteiger partial charge is 0.352 e. The molecule has 0 aromatic heterocycles. The molecule has 3 atom stereocenters. The topological polar surface area (TPSA) is 18.5 Å². The molecular formula is C23H22F6O2. The van der Waals surface area contributed by atoms with Crippen LogP contribution in [-0.4, -0.2) is 19.5 Å². The Hall–Kier alpha value is -2.32. The average Bonchev–Trinajstić information content (AvgIpc) is 2.72. The van der Waals surface area contributed by atoms with Crippen molar-refractivity contribution in [1.29, 1.82) is 0 Å². The van der Waals surface area contributed by atoms with E-state index in [1.54, 1.807) is 0 Å². The molecule has 1 fully saturated rings. The third kappa shape index (κ3) is 5.89. The number of allylic oxidation sites excluding steroid dienone is 1. The number of halogens is 6. The van der Waals surface area contributed by atoms with Crippen LogP contribution in [-0.2, 0) is 28.2 Å². The van der Waals surface area contributed by atoms with Gasteiger partial charge in [0.2, 0.25) is 0 Å². The van der Waals surface area contributed by atoms with E-state index in [1.165, 1.54) is 0 Å². The first-order valence-corrected chi connectivity index (χ1v) is 9.78. The van der Waals surface area contributed by atoms with Crippen molar-refractivity contribution >= 4 is 0 Å². The minimum Gasteiger partial charge on any atom is -0.352 e. The molecule has 2 nitrogen and oxygen atoms in total. The molecule has 0 spiro atoms. The molecule has 0 aliphatic carbocycles. The maximum absolute atomic E-state index is 13.0. The van der Waals surface area contributed by atoms with E-state index in [-0.39, 0.29) is 36.5 Å². The first-order chi connectivity index (χ1) is 14.6. The number of rotatable bonds is 6. The van der Waals surface area contributed by atoms with Gasteiger partial charge in [-0.25, -0.2) is 0 Å². The first-order valence-electron chi connectivity index (χ1n) is 9.78. The third-order valence-corrected chi connectivity index (χ3v) is 5.30. The van der Waals surface area contributed by atoms with Crippen LogP contribution in [0.5, 0.6) is 0 Å². The number of hydrogen-bond donors (Lipinski definition) is 0. The molecule has 1 aliphatic heterocycles. The molecule has 0 saturated carbocycles. The Bertz CT molecular complexity index is 844. The fraction of sp³-hybridized carbons (Fsp3) is 0.391. The normalized spacial score (nSPS) is 22.3. The van der Waals surface area contributed by atoms with Crippen LogP contribution in [0, 0.1) is 5.92 Å². The molecule has 2 unspecified atom stereocenters. The molecule has 168 valence electrons. The Morgan fingerprint density at radius 2 is 1.58 bits per heavy atom. The molecule has 31 heavy (non-hydrogen) atoms. The van der Waals surface area contributed by atoms with Crippen LogP contribution in [0.1, 0.15) is 34.6 Å². The molecule has 1 saturated heterocycles.